The van der Waals surface area contributed by atoms with Crippen molar-refractivity contribution in [2.24, 2.45) is 0 Å². The topological polar surface area (TPSA) is 83.4 Å². The van der Waals surface area contributed by atoms with Crippen LogP contribution >= 0.6 is 0 Å². The molecule has 0 fully saturated rings. The van der Waals surface area contributed by atoms with Crippen molar-refractivity contribution < 1.29 is 14.3 Å². The zero-order valence-corrected chi connectivity index (χ0v) is 13.0. The van der Waals surface area contributed by atoms with Crippen LogP contribution in [-0.4, -0.2) is 25.7 Å². The van der Waals surface area contributed by atoms with Crippen LogP contribution in [-0.2, 0) is 4.79 Å². The number of anilines is 2. The van der Waals surface area contributed by atoms with Gasteiger partial charge in [-0.25, -0.2) is 0 Å². The number of carbonyl (C=O) groups excluding carboxylic acids is 1. The molecule has 0 radical (unpaired) electrons. The summed E-state index contributed by atoms with van der Waals surface area (Å²) in [5, 5.41) is 14.7. The molecule has 2 N–H and O–H groups in total. The van der Waals surface area contributed by atoms with Crippen molar-refractivity contribution in [3.63, 3.8) is 0 Å². The minimum Gasteiger partial charge on any atom is -0.486 e. The Bertz CT molecular complexity index is 766. The van der Waals surface area contributed by atoms with Crippen molar-refractivity contribution >= 4 is 17.3 Å². The standard InChI is InChI=1S/C18H17N3O3/c19-12-13-1-3-14(4-2-13)20-8-7-18(22)21-15-5-6-16-17(11-15)24-10-9-23-16/h1-6,11,20H,7-10H2,(H,21,22). The third-order valence-corrected chi connectivity index (χ3v) is 3.52. The number of nitrogens with one attached hydrogen (secondary N) is 2. The Labute approximate surface area is 140 Å². The first-order valence-electron chi connectivity index (χ1n) is 7.68. The van der Waals surface area contributed by atoms with Gasteiger partial charge < -0.3 is 20.1 Å². The average Bonchev–Trinajstić information content (AvgIpc) is 2.62. The molecule has 6 heteroatoms. The normalized spacial score (nSPS) is 12.1. The van der Waals surface area contributed by atoms with E-state index in [1.54, 1.807) is 30.3 Å². The Morgan fingerprint density at radius 3 is 2.50 bits per heavy atom. The molecule has 1 heterocycles. The Kier molecular flexibility index (Phi) is 4.82. The summed E-state index contributed by atoms with van der Waals surface area (Å²) in [4.78, 5) is 12.0. The van der Waals surface area contributed by atoms with Gasteiger partial charge in [0.1, 0.15) is 13.2 Å². The number of benzene rings is 2. The Hall–Kier alpha value is -3.20. The number of rotatable bonds is 5. The molecule has 0 atom stereocenters. The van der Waals surface area contributed by atoms with E-state index < -0.39 is 0 Å². The summed E-state index contributed by atoms with van der Waals surface area (Å²) < 4.78 is 10.9. The van der Waals surface area contributed by atoms with Crippen molar-refractivity contribution in [2.75, 3.05) is 30.4 Å². The molecule has 0 aliphatic carbocycles. The molecule has 1 amide bonds. The highest BCUT2D eigenvalue weighted by atomic mass is 16.6. The van der Waals surface area contributed by atoms with Gasteiger partial charge in [0.2, 0.25) is 5.91 Å². The van der Waals surface area contributed by atoms with Crippen molar-refractivity contribution in [3.8, 4) is 17.6 Å². The quantitative estimate of drug-likeness (QED) is 0.884. The minimum atomic E-state index is -0.0900. The van der Waals surface area contributed by atoms with E-state index in [0.29, 0.717) is 48.9 Å². The van der Waals surface area contributed by atoms with E-state index in [-0.39, 0.29) is 5.91 Å². The van der Waals surface area contributed by atoms with Gasteiger partial charge in [0.25, 0.3) is 0 Å². The van der Waals surface area contributed by atoms with Gasteiger partial charge in [-0.2, -0.15) is 5.26 Å². The first-order chi connectivity index (χ1) is 11.7. The number of amides is 1. The van der Waals surface area contributed by atoms with Gasteiger partial charge >= 0.3 is 0 Å². The lowest BCUT2D eigenvalue weighted by molar-refractivity contribution is -0.115. The van der Waals surface area contributed by atoms with E-state index in [1.165, 1.54) is 0 Å². The second-order valence-corrected chi connectivity index (χ2v) is 5.27. The number of hydrogen-bond donors (Lipinski definition) is 2. The summed E-state index contributed by atoms with van der Waals surface area (Å²) >= 11 is 0. The maximum atomic E-state index is 12.0. The fourth-order valence-corrected chi connectivity index (χ4v) is 2.33. The summed E-state index contributed by atoms with van der Waals surface area (Å²) in [5.74, 6) is 1.25. The zero-order chi connectivity index (χ0) is 16.8. The smallest absolute Gasteiger partial charge is 0.226 e. The molecule has 1 aliphatic rings. The molecule has 24 heavy (non-hydrogen) atoms. The van der Waals surface area contributed by atoms with E-state index in [0.717, 1.165) is 5.69 Å². The molecule has 0 saturated carbocycles. The van der Waals surface area contributed by atoms with Gasteiger partial charge in [-0.15, -0.1) is 0 Å². The molecule has 6 nitrogen and oxygen atoms in total. The summed E-state index contributed by atoms with van der Waals surface area (Å²) in [5.41, 5.74) is 2.17. The van der Waals surface area contributed by atoms with Crippen LogP contribution in [0.15, 0.2) is 42.5 Å². The average molecular weight is 323 g/mol. The van der Waals surface area contributed by atoms with E-state index in [2.05, 4.69) is 16.7 Å². The first-order valence-corrected chi connectivity index (χ1v) is 7.68. The second kappa shape index (κ2) is 7.38. The van der Waals surface area contributed by atoms with Gasteiger partial charge in [0, 0.05) is 30.4 Å². The van der Waals surface area contributed by atoms with Crippen LogP contribution < -0.4 is 20.1 Å². The summed E-state index contributed by atoms with van der Waals surface area (Å²) in [6.07, 6.45) is 0.328. The summed E-state index contributed by atoms with van der Waals surface area (Å²) in [6, 6.07) is 14.5. The van der Waals surface area contributed by atoms with E-state index in [4.69, 9.17) is 14.7 Å². The molecule has 2 aromatic carbocycles. The number of hydrogen-bond acceptors (Lipinski definition) is 5. The van der Waals surface area contributed by atoms with Crippen LogP contribution in [0.2, 0.25) is 0 Å². The largest absolute Gasteiger partial charge is 0.486 e. The monoisotopic (exact) mass is 323 g/mol. The second-order valence-electron chi connectivity index (χ2n) is 5.27. The number of nitriles is 1. The van der Waals surface area contributed by atoms with Gasteiger partial charge in [0.05, 0.1) is 11.6 Å². The number of nitrogens with zero attached hydrogens (tertiary/aromatic N) is 1. The van der Waals surface area contributed by atoms with E-state index in [1.807, 2.05) is 12.1 Å². The van der Waals surface area contributed by atoms with Crippen molar-refractivity contribution in [1.29, 1.82) is 5.26 Å². The lowest BCUT2D eigenvalue weighted by Crippen LogP contribution is -2.18. The predicted molar refractivity (Wildman–Crippen MR) is 90.3 cm³/mol. The highest BCUT2D eigenvalue weighted by Gasteiger charge is 2.12. The van der Waals surface area contributed by atoms with Crippen molar-refractivity contribution in [3.05, 3.63) is 48.0 Å². The third kappa shape index (κ3) is 3.96. The van der Waals surface area contributed by atoms with Crippen molar-refractivity contribution in [2.45, 2.75) is 6.42 Å². The van der Waals surface area contributed by atoms with Gasteiger partial charge in [-0.3, -0.25) is 4.79 Å². The predicted octanol–water partition coefficient (Wildman–Crippen LogP) is 2.77. The van der Waals surface area contributed by atoms with E-state index in [9.17, 15) is 4.79 Å². The van der Waals surface area contributed by atoms with Crippen molar-refractivity contribution in [1.82, 2.24) is 0 Å². The lowest BCUT2D eigenvalue weighted by Gasteiger charge is -2.19. The molecule has 2 aromatic rings. The molecule has 0 aromatic heterocycles. The summed E-state index contributed by atoms with van der Waals surface area (Å²) in [6.45, 7) is 1.56. The van der Waals surface area contributed by atoms with Gasteiger partial charge in [-0.05, 0) is 36.4 Å². The molecule has 1 aliphatic heterocycles. The SMILES string of the molecule is N#Cc1ccc(NCCC(=O)Nc2ccc3c(c2)OCCO3)cc1. The number of carbonyl (C=O) groups is 1. The molecule has 0 saturated heterocycles. The van der Waals surface area contributed by atoms with Crippen LogP contribution in [0.4, 0.5) is 11.4 Å². The zero-order valence-electron chi connectivity index (χ0n) is 13.0. The number of ether oxygens (including phenoxy) is 2. The molecular formula is C18H17N3O3. The van der Waals surface area contributed by atoms with Crippen LogP contribution in [0.3, 0.4) is 0 Å². The maximum absolute atomic E-state index is 12.0. The first kappa shape index (κ1) is 15.7. The van der Waals surface area contributed by atoms with E-state index >= 15 is 0 Å². The van der Waals surface area contributed by atoms with Crippen LogP contribution in [0, 0.1) is 11.3 Å². The Morgan fingerprint density at radius 1 is 1.04 bits per heavy atom. The van der Waals surface area contributed by atoms with Gasteiger partial charge in [-0.1, -0.05) is 0 Å². The molecule has 0 spiro atoms. The lowest BCUT2D eigenvalue weighted by atomic mass is 10.2. The third-order valence-electron chi connectivity index (χ3n) is 3.52. The summed E-state index contributed by atoms with van der Waals surface area (Å²) in [7, 11) is 0. The highest BCUT2D eigenvalue weighted by molar-refractivity contribution is 5.91. The molecule has 122 valence electrons. The van der Waals surface area contributed by atoms with Gasteiger partial charge in [0.15, 0.2) is 11.5 Å². The Morgan fingerprint density at radius 2 is 1.75 bits per heavy atom. The highest BCUT2D eigenvalue weighted by Crippen LogP contribution is 2.32. The maximum Gasteiger partial charge on any atom is 0.226 e. The van der Waals surface area contributed by atoms with Crippen LogP contribution in [0.5, 0.6) is 11.5 Å². The van der Waals surface area contributed by atoms with Crippen LogP contribution in [0.1, 0.15) is 12.0 Å². The fourth-order valence-electron chi connectivity index (χ4n) is 2.33. The minimum absolute atomic E-state index is 0.0900. The Balaban J connectivity index is 1.48. The molecule has 0 unspecified atom stereocenters. The number of fused-ring (bicyclic) bond motifs is 1. The molecule has 0 bridgehead atoms. The molecular weight excluding hydrogens is 306 g/mol. The fraction of sp³-hybridized carbons (Fsp3) is 0.222. The molecule has 3 rings (SSSR count). The van der Waals surface area contributed by atoms with Crippen LogP contribution in [0.25, 0.3) is 0 Å².